The first-order valence-corrected chi connectivity index (χ1v) is 11.0. The van der Waals surface area contributed by atoms with Gasteiger partial charge in [-0.05, 0) is 28.8 Å². The molecule has 1 heterocycles. The smallest absolute Gasteiger partial charge is 0.191 e. The minimum Gasteiger partial charge on any atom is -0.497 e. The van der Waals surface area contributed by atoms with Crippen molar-refractivity contribution < 1.29 is 9.47 Å². The lowest BCUT2D eigenvalue weighted by molar-refractivity contribution is 0.0341. The Balaban J connectivity index is 1.55. The van der Waals surface area contributed by atoms with E-state index in [0.717, 1.165) is 57.6 Å². The van der Waals surface area contributed by atoms with Crippen molar-refractivity contribution in [3.63, 3.8) is 0 Å². The molecule has 0 radical (unpaired) electrons. The summed E-state index contributed by atoms with van der Waals surface area (Å²) < 4.78 is 10.7. The highest BCUT2D eigenvalue weighted by Gasteiger charge is 2.21. The van der Waals surface area contributed by atoms with Crippen LogP contribution in [0.15, 0.2) is 53.5 Å². The van der Waals surface area contributed by atoms with Gasteiger partial charge in [0.1, 0.15) is 5.75 Å². The van der Waals surface area contributed by atoms with E-state index < -0.39 is 0 Å². The molecule has 2 aromatic carbocycles. The third-order valence-corrected chi connectivity index (χ3v) is 5.86. The molecular weight excluding hydrogens is 388 g/mol. The van der Waals surface area contributed by atoms with Crippen molar-refractivity contribution in [3.05, 3.63) is 65.2 Å². The minimum absolute atomic E-state index is 0.0435. The average molecular weight is 425 g/mol. The van der Waals surface area contributed by atoms with Crippen LogP contribution in [0.2, 0.25) is 0 Å². The van der Waals surface area contributed by atoms with Crippen LogP contribution in [0.1, 0.15) is 30.5 Å². The van der Waals surface area contributed by atoms with E-state index in [4.69, 9.17) is 9.47 Å². The Morgan fingerprint density at radius 3 is 2.35 bits per heavy atom. The van der Waals surface area contributed by atoms with Gasteiger partial charge in [0.05, 0.1) is 20.3 Å². The molecule has 0 bridgehead atoms. The van der Waals surface area contributed by atoms with E-state index in [0.29, 0.717) is 0 Å². The molecule has 1 aliphatic heterocycles. The number of rotatable bonds is 8. The summed E-state index contributed by atoms with van der Waals surface area (Å²) in [4.78, 5) is 6.87. The number of hydrogen-bond acceptors (Lipinski definition) is 4. The highest BCUT2D eigenvalue weighted by Crippen LogP contribution is 2.24. The van der Waals surface area contributed by atoms with Gasteiger partial charge in [-0.15, -0.1) is 0 Å². The van der Waals surface area contributed by atoms with E-state index in [1.807, 2.05) is 19.2 Å². The zero-order chi connectivity index (χ0) is 22.1. The summed E-state index contributed by atoms with van der Waals surface area (Å²) >= 11 is 0. The predicted molar refractivity (Wildman–Crippen MR) is 127 cm³/mol. The van der Waals surface area contributed by atoms with Crippen molar-refractivity contribution in [2.45, 2.75) is 32.4 Å². The Morgan fingerprint density at radius 2 is 1.71 bits per heavy atom. The fourth-order valence-electron chi connectivity index (χ4n) is 3.73. The summed E-state index contributed by atoms with van der Waals surface area (Å²) in [7, 11) is 3.51. The van der Waals surface area contributed by atoms with Crippen LogP contribution in [0.25, 0.3) is 0 Å². The van der Waals surface area contributed by atoms with Gasteiger partial charge in [0, 0.05) is 45.2 Å². The van der Waals surface area contributed by atoms with Crippen LogP contribution >= 0.6 is 0 Å². The molecule has 1 fully saturated rings. The second kappa shape index (κ2) is 11.2. The standard InChI is InChI=1S/C25H36N4O2/c1-25(2,22-9-11-23(30-4)12-10-22)19-28-24(26-3)27-17-20-7-5-6-8-21(20)18-29-13-15-31-16-14-29/h5-12H,13-19H2,1-4H3,(H2,26,27,28). The molecule has 2 N–H and O–H groups in total. The molecule has 0 saturated carbocycles. The van der Waals surface area contributed by atoms with Gasteiger partial charge in [-0.1, -0.05) is 50.2 Å². The molecule has 31 heavy (non-hydrogen) atoms. The Kier molecular flexibility index (Phi) is 8.32. The van der Waals surface area contributed by atoms with Crippen LogP contribution < -0.4 is 15.4 Å². The summed E-state index contributed by atoms with van der Waals surface area (Å²) in [5.41, 5.74) is 3.86. The van der Waals surface area contributed by atoms with E-state index in [9.17, 15) is 0 Å². The lowest BCUT2D eigenvalue weighted by Crippen LogP contribution is -2.43. The number of aliphatic imine (C=N–C) groups is 1. The Labute approximate surface area is 186 Å². The van der Waals surface area contributed by atoms with Gasteiger partial charge in [0.25, 0.3) is 0 Å². The van der Waals surface area contributed by atoms with Crippen molar-refractivity contribution in [1.82, 2.24) is 15.5 Å². The number of nitrogens with zero attached hydrogens (tertiary/aromatic N) is 2. The van der Waals surface area contributed by atoms with Gasteiger partial charge < -0.3 is 20.1 Å². The molecule has 0 aliphatic carbocycles. The fraction of sp³-hybridized carbons (Fsp3) is 0.480. The SMILES string of the molecule is CN=C(NCc1ccccc1CN1CCOCC1)NCC(C)(C)c1ccc(OC)cc1. The summed E-state index contributed by atoms with van der Waals surface area (Å²) in [6.45, 7) is 10.5. The zero-order valence-corrected chi connectivity index (χ0v) is 19.3. The molecule has 3 rings (SSSR count). The van der Waals surface area contributed by atoms with Crippen molar-refractivity contribution in [3.8, 4) is 5.75 Å². The van der Waals surface area contributed by atoms with Crippen molar-refractivity contribution in [2.24, 2.45) is 4.99 Å². The molecule has 0 spiro atoms. The third kappa shape index (κ3) is 6.71. The van der Waals surface area contributed by atoms with Crippen molar-refractivity contribution in [2.75, 3.05) is 47.0 Å². The summed E-state index contributed by atoms with van der Waals surface area (Å²) in [5, 5.41) is 6.97. The van der Waals surface area contributed by atoms with E-state index in [2.05, 4.69) is 70.8 Å². The molecule has 1 saturated heterocycles. The Bertz CT molecular complexity index is 843. The quantitative estimate of drug-likeness (QED) is 0.504. The lowest BCUT2D eigenvalue weighted by atomic mass is 9.84. The number of hydrogen-bond donors (Lipinski definition) is 2. The van der Waals surface area contributed by atoms with E-state index in [-0.39, 0.29) is 5.41 Å². The van der Waals surface area contributed by atoms with Gasteiger partial charge in [-0.3, -0.25) is 9.89 Å². The molecule has 0 unspecified atom stereocenters. The molecule has 1 aliphatic rings. The number of guanidine groups is 1. The molecule has 6 nitrogen and oxygen atoms in total. The summed E-state index contributed by atoms with van der Waals surface area (Å²) in [6.07, 6.45) is 0. The molecule has 0 atom stereocenters. The molecule has 0 aromatic heterocycles. The lowest BCUT2D eigenvalue weighted by Gasteiger charge is -2.28. The Morgan fingerprint density at radius 1 is 1.03 bits per heavy atom. The monoisotopic (exact) mass is 424 g/mol. The van der Waals surface area contributed by atoms with Gasteiger partial charge in [-0.25, -0.2) is 0 Å². The fourth-order valence-corrected chi connectivity index (χ4v) is 3.73. The predicted octanol–water partition coefficient (Wildman–Crippen LogP) is 3.17. The first kappa shape index (κ1) is 23.1. The number of morpholine rings is 1. The second-order valence-electron chi connectivity index (χ2n) is 8.55. The molecular formula is C25H36N4O2. The van der Waals surface area contributed by atoms with Crippen LogP contribution in [0.4, 0.5) is 0 Å². The average Bonchev–Trinajstić information content (AvgIpc) is 2.81. The van der Waals surface area contributed by atoms with Crippen LogP contribution in [0.3, 0.4) is 0 Å². The van der Waals surface area contributed by atoms with E-state index >= 15 is 0 Å². The number of ether oxygens (including phenoxy) is 2. The Hall–Kier alpha value is -2.57. The third-order valence-electron chi connectivity index (χ3n) is 5.86. The number of benzene rings is 2. The summed E-state index contributed by atoms with van der Waals surface area (Å²) in [6, 6.07) is 16.9. The minimum atomic E-state index is -0.0435. The number of nitrogens with one attached hydrogen (secondary N) is 2. The first-order valence-electron chi connectivity index (χ1n) is 11.0. The number of methoxy groups -OCH3 is 1. The highest BCUT2D eigenvalue weighted by molar-refractivity contribution is 5.79. The van der Waals surface area contributed by atoms with Gasteiger partial charge in [0.2, 0.25) is 0 Å². The summed E-state index contributed by atoms with van der Waals surface area (Å²) in [5.74, 6) is 1.68. The molecule has 0 amide bonds. The maximum atomic E-state index is 5.47. The van der Waals surface area contributed by atoms with Crippen LogP contribution in [-0.2, 0) is 23.2 Å². The highest BCUT2D eigenvalue weighted by atomic mass is 16.5. The first-order chi connectivity index (χ1) is 15.0. The van der Waals surface area contributed by atoms with E-state index in [1.165, 1.54) is 16.7 Å². The largest absolute Gasteiger partial charge is 0.497 e. The van der Waals surface area contributed by atoms with Crippen molar-refractivity contribution >= 4 is 5.96 Å². The zero-order valence-electron chi connectivity index (χ0n) is 19.3. The second-order valence-corrected chi connectivity index (χ2v) is 8.55. The van der Waals surface area contributed by atoms with Crippen LogP contribution in [-0.4, -0.2) is 57.9 Å². The normalized spacial score (nSPS) is 15.5. The maximum absolute atomic E-state index is 5.47. The van der Waals surface area contributed by atoms with Gasteiger partial charge in [0.15, 0.2) is 5.96 Å². The van der Waals surface area contributed by atoms with Gasteiger partial charge in [-0.2, -0.15) is 0 Å². The van der Waals surface area contributed by atoms with E-state index in [1.54, 1.807) is 7.11 Å². The van der Waals surface area contributed by atoms with Crippen LogP contribution in [0, 0.1) is 0 Å². The van der Waals surface area contributed by atoms with Crippen LogP contribution in [0.5, 0.6) is 5.75 Å². The molecule has 2 aromatic rings. The molecule has 6 heteroatoms. The molecule has 168 valence electrons. The van der Waals surface area contributed by atoms with Gasteiger partial charge >= 0.3 is 0 Å². The maximum Gasteiger partial charge on any atom is 0.191 e. The topological polar surface area (TPSA) is 58.1 Å². The van der Waals surface area contributed by atoms with Crippen molar-refractivity contribution in [1.29, 1.82) is 0 Å².